The van der Waals surface area contributed by atoms with Crippen LogP contribution in [0.25, 0.3) is 0 Å². The largest absolute Gasteiger partial charge is 0.508 e. The third-order valence-corrected chi connectivity index (χ3v) is 5.42. The topological polar surface area (TPSA) is 88.5 Å². The first-order valence-electron chi connectivity index (χ1n) is 9.04. The normalized spacial score (nSPS) is 15.2. The Hall–Kier alpha value is -3.33. The van der Waals surface area contributed by atoms with Crippen LogP contribution in [0.2, 0.25) is 10.0 Å². The Bertz CT molecular complexity index is 1200. The molecule has 4 rings (SSSR count). The Labute approximate surface area is 183 Å². The van der Waals surface area contributed by atoms with E-state index in [0.717, 1.165) is 11.1 Å². The van der Waals surface area contributed by atoms with Gasteiger partial charge in [0.15, 0.2) is 0 Å². The molecule has 0 unspecified atom stereocenters. The fourth-order valence-electron chi connectivity index (χ4n) is 3.41. The highest BCUT2D eigenvalue weighted by Crippen LogP contribution is 2.45. The number of nitriles is 1. The van der Waals surface area contributed by atoms with Gasteiger partial charge in [-0.15, -0.1) is 0 Å². The van der Waals surface area contributed by atoms with Crippen molar-refractivity contribution in [3.8, 4) is 23.3 Å². The molecule has 0 amide bonds. The number of allylic oxidation sites excluding steroid dienone is 1. The number of nitrogens with two attached hydrogens (primary N) is 1. The maximum atomic E-state index is 9.82. The zero-order valence-corrected chi connectivity index (χ0v) is 17.1. The second-order valence-corrected chi connectivity index (χ2v) is 7.55. The van der Waals surface area contributed by atoms with Crippen molar-refractivity contribution in [3.63, 3.8) is 0 Å². The van der Waals surface area contributed by atoms with Gasteiger partial charge in [0.2, 0.25) is 5.88 Å². The molecule has 0 saturated carbocycles. The van der Waals surface area contributed by atoms with Crippen LogP contribution in [-0.2, 0) is 6.61 Å². The molecule has 30 heavy (non-hydrogen) atoms. The summed E-state index contributed by atoms with van der Waals surface area (Å²) in [7, 11) is 0. The van der Waals surface area contributed by atoms with Crippen molar-refractivity contribution in [2.75, 3.05) is 0 Å². The fraction of sp³-hybridized carbons (Fsp3) is 0.0870. The van der Waals surface area contributed by atoms with Crippen molar-refractivity contribution in [2.45, 2.75) is 12.5 Å². The molecule has 150 valence electrons. The molecule has 7 heteroatoms. The van der Waals surface area contributed by atoms with Gasteiger partial charge in [0.05, 0.1) is 5.92 Å². The molecular formula is C23H16Cl2N2O3. The van der Waals surface area contributed by atoms with Crippen LogP contribution in [0.1, 0.15) is 22.6 Å². The van der Waals surface area contributed by atoms with Gasteiger partial charge in [-0.3, -0.25) is 0 Å². The van der Waals surface area contributed by atoms with Crippen LogP contribution in [0, 0.1) is 11.3 Å². The number of aromatic hydroxyl groups is 1. The van der Waals surface area contributed by atoms with Gasteiger partial charge < -0.3 is 20.3 Å². The summed E-state index contributed by atoms with van der Waals surface area (Å²) in [6, 6.07) is 19.5. The summed E-state index contributed by atoms with van der Waals surface area (Å²) in [5.74, 6) is 0.511. The smallest absolute Gasteiger partial charge is 0.205 e. The lowest BCUT2D eigenvalue weighted by Crippen LogP contribution is -2.21. The first kappa shape index (κ1) is 20.0. The number of para-hydroxylation sites is 1. The number of rotatable bonds is 4. The van der Waals surface area contributed by atoms with Crippen molar-refractivity contribution < 1.29 is 14.6 Å². The molecule has 0 fully saturated rings. The standard InChI is InChI=1S/C23H16Cl2N2O3/c24-14-6-5-13(19(25)9-14)12-29-20-4-2-1-3-16(20)22-17-8-7-15(28)10-21(17)30-23(27)18(22)11-26/h1-10,22,28H,12,27H2/t22-/m1/s1. The molecule has 3 N–H and O–H groups in total. The summed E-state index contributed by atoms with van der Waals surface area (Å²) < 4.78 is 11.6. The lowest BCUT2D eigenvalue weighted by atomic mass is 9.83. The van der Waals surface area contributed by atoms with E-state index in [1.807, 2.05) is 24.3 Å². The summed E-state index contributed by atoms with van der Waals surface area (Å²) in [5.41, 5.74) is 8.52. The Morgan fingerprint density at radius 1 is 1.07 bits per heavy atom. The molecule has 1 aliphatic heterocycles. The molecule has 5 nitrogen and oxygen atoms in total. The first-order valence-corrected chi connectivity index (χ1v) is 9.79. The van der Waals surface area contributed by atoms with Crippen LogP contribution in [0.15, 0.2) is 72.1 Å². The molecule has 0 bridgehead atoms. The second kappa shape index (κ2) is 8.19. The molecular weight excluding hydrogens is 423 g/mol. The van der Waals surface area contributed by atoms with Gasteiger partial charge in [-0.05, 0) is 24.3 Å². The molecule has 3 aromatic carbocycles. The molecule has 0 radical (unpaired) electrons. The van der Waals surface area contributed by atoms with E-state index in [0.29, 0.717) is 27.1 Å². The van der Waals surface area contributed by atoms with Crippen LogP contribution in [0.5, 0.6) is 17.2 Å². The number of nitrogens with zero attached hydrogens (tertiary/aromatic N) is 1. The van der Waals surface area contributed by atoms with E-state index in [1.54, 1.807) is 30.3 Å². The van der Waals surface area contributed by atoms with Crippen molar-refractivity contribution in [2.24, 2.45) is 5.73 Å². The van der Waals surface area contributed by atoms with Gasteiger partial charge in [0, 0.05) is 32.8 Å². The van der Waals surface area contributed by atoms with Gasteiger partial charge >= 0.3 is 0 Å². The van der Waals surface area contributed by atoms with Gasteiger partial charge in [-0.2, -0.15) is 5.26 Å². The molecule has 0 spiro atoms. The number of phenolic OH excluding ortho intramolecular Hbond substituents is 1. The summed E-state index contributed by atoms with van der Waals surface area (Å²) in [5, 5.41) is 20.6. The minimum atomic E-state index is -0.503. The quantitative estimate of drug-likeness (QED) is 0.561. The Balaban J connectivity index is 1.75. The third-order valence-electron chi connectivity index (χ3n) is 4.83. The fourth-order valence-corrected chi connectivity index (χ4v) is 3.87. The van der Waals surface area contributed by atoms with Crippen LogP contribution < -0.4 is 15.2 Å². The number of fused-ring (bicyclic) bond motifs is 1. The molecule has 1 atom stereocenters. The van der Waals surface area contributed by atoms with E-state index >= 15 is 0 Å². The summed E-state index contributed by atoms with van der Waals surface area (Å²) >= 11 is 12.2. The maximum Gasteiger partial charge on any atom is 0.205 e. The van der Waals surface area contributed by atoms with Crippen LogP contribution >= 0.6 is 23.2 Å². The zero-order chi connectivity index (χ0) is 21.3. The molecule has 0 aliphatic carbocycles. The van der Waals surface area contributed by atoms with Crippen molar-refractivity contribution in [1.29, 1.82) is 5.26 Å². The minimum absolute atomic E-state index is 0.00357. The molecule has 0 saturated heterocycles. The van der Waals surface area contributed by atoms with Gasteiger partial charge in [0.1, 0.15) is 35.5 Å². The lowest BCUT2D eigenvalue weighted by molar-refractivity contribution is 0.301. The SMILES string of the molecule is N#CC1=C(N)Oc2cc(O)ccc2[C@H]1c1ccccc1OCc1ccc(Cl)cc1Cl. The molecule has 1 heterocycles. The number of hydrogen-bond acceptors (Lipinski definition) is 5. The first-order chi connectivity index (χ1) is 14.5. The second-order valence-electron chi connectivity index (χ2n) is 6.71. The Morgan fingerprint density at radius 2 is 1.87 bits per heavy atom. The average Bonchev–Trinajstić information content (AvgIpc) is 2.72. The maximum absolute atomic E-state index is 9.82. The van der Waals surface area contributed by atoms with Gasteiger partial charge in [-0.1, -0.05) is 53.5 Å². The third kappa shape index (κ3) is 3.76. The number of phenols is 1. The summed E-state index contributed by atoms with van der Waals surface area (Å²) in [6.45, 7) is 0.222. The molecule has 1 aliphatic rings. The predicted octanol–water partition coefficient (Wildman–Crippen LogP) is 5.50. The number of hydrogen-bond donors (Lipinski definition) is 2. The Morgan fingerprint density at radius 3 is 2.63 bits per heavy atom. The number of halogens is 2. The van der Waals surface area contributed by atoms with Crippen molar-refractivity contribution in [3.05, 3.63) is 98.9 Å². The molecule has 0 aromatic heterocycles. The van der Waals surface area contributed by atoms with Crippen molar-refractivity contribution >= 4 is 23.2 Å². The highest BCUT2D eigenvalue weighted by atomic mass is 35.5. The van der Waals surface area contributed by atoms with E-state index in [9.17, 15) is 10.4 Å². The van der Waals surface area contributed by atoms with E-state index < -0.39 is 5.92 Å². The molecule has 3 aromatic rings. The average molecular weight is 439 g/mol. The zero-order valence-electron chi connectivity index (χ0n) is 15.6. The van der Waals surface area contributed by atoms with Crippen LogP contribution in [0.3, 0.4) is 0 Å². The lowest BCUT2D eigenvalue weighted by Gasteiger charge is -2.27. The highest BCUT2D eigenvalue weighted by Gasteiger charge is 2.32. The van der Waals surface area contributed by atoms with Crippen LogP contribution in [0.4, 0.5) is 0 Å². The monoisotopic (exact) mass is 438 g/mol. The van der Waals surface area contributed by atoms with Crippen molar-refractivity contribution in [1.82, 2.24) is 0 Å². The minimum Gasteiger partial charge on any atom is -0.508 e. The predicted molar refractivity (Wildman–Crippen MR) is 115 cm³/mol. The summed E-state index contributed by atoms with van der Waals surface area (Å²) in [4.78, 5) is 0. The highest BCUT2D eigenvalue weighted by molar-refractivity contribution is 6.35. The van der Waals surface area contributed by atoms with Gasteiger partial charge in [-0.25, -0.2) is 0 Å². The van der Waals surface area contributed by atoms with Crippen LogP contribution in [-0.4, -0.2) is 5.11 Å². The number of ether oxygens (including phenoxy) is 2. The summed E-state index contributed by atoms with van der Waals surface area (Å²) in [6.07, 6.45) is 0. The number of benzene rings is 3. The van der Waals surface area contributed by atoms with E-state index in [4.69, 9.17) is 38.4 Å². The Kier molecular flexibility index (Phi) is 5.45. The van der Waals surface area contributed by atoms with Gasteiger partial charge in [0.25, 0.3) is 0 Å². The van der Waals surface area contributed by atoms with E-state index in [1.165, 1.54) is 6.07 Å². The van der Waals surface area contributed by atoms with E-state index in [-0.39, 0.29) is 23.8 Å². The van der Waals surface area contributed by atoms with E-state index in [2.05, 4.69) is 6.07 Å².